The van der Waals surface area contributed by atoms with Crippen molar-refractivity contribution in [3.05, 3.63) is 11.3 Å². The van der Waals surface area contributed by atoms with Crippen molar-refractivity contribution in [2.24, 2.45) is 0 Å². The molecule has 6 heteroatoms. The zero-order chi connectivity index (χ0) is 8.59. The summed E-state index contributed by atoms with van der Waals surface area (Å²) in [5.74, 6) is -0.225. The summed E-state index contributed by atoms with van der Waals surface area (Å²) in [6.45, 7) is 0. The maximum absolute atomic E-state index is 10.9. The molecule has 11 heavy (non-hydrogen) atoms. The minimum atomic E-state index is -0.164. The summed E-state index contributed by atoms with van der Waals surface area (Å²) in [4.78, 5) is 0. The quantitative estimate of drug-likeness (QED) is 0.271. The molecule has 0 radical (unpaired) electrons. The summed E-state index contributed by atoms with van der Waals surface area (Å²) in [6.07, 6.45) is 0. The summed E-state index contributed by atoms with van der Waals surface area (Å²) < 4.78 is 0.325. The number of nitrogens with zero attached hydrogens (tertiary/aromatic N) is 1. The van der Waals surface area contributed by atoms with Crippen molar-refractivity contribution in [1.82, 2.24) is 0 Å². The molecule has 1 heterocycles. The normalized spacial score (nSPS) is 9.82. The van der Waals surface area contributed by atoms with Crippen LogP contribution in [0.1, 0.15) is 0 Å². The van der Waals surface area contributed by atoms with E-state index in [0.29, 0.717) is 4.73 Å². The molecule has 1 aromatic rings. The molecule has 0 aliphatic rings. The van der Waals surface area contributed by atoms with Gasteiger partial charge in [-0.05, 0) is 0 Å². The highest BCUT2D eigenvalue weighted by molar-refractivity contribution is 5.73. The lowest BCUT2D eigenvalue weighted by Crippen LogP contribution is -2.35. The Bertz CT molecular complexity index is 271. The van der Waals surface area contributed by atoms with E-state index in [0.717, 1.165) is 0 Å². The Balaban J connectivity index is 3.46. The lowest BCUT2D eigenvalue weighted by molar-refractivity contribution is -0.573. The molecule has 0 atom stereocenters. The molecule has 0 saturated carbocycles. The molecule has 0 fully saturated rings. The van der Waals surface area contributed by atoms with Gasteiger partial charge in [0.1, 0.15) is 5.69 Å². The molecule has 0 aliphatic carbocycles. The number of hydrogen-bond acceptors (Lipinski definition) is 5. The molecule has 6 nitrogen and oxygen atoms in total. The second-order valence-corrected chi connectivity index (χ2v) is 2.12. The van der Waals surface area contributed by atoms with Gasteiger partial charge >= 0.3 is 0 Å². The standard InChI is InChI=1S/C5H9N5O/c6-2-1-3(7)10(11)5(9)4(2)8/h1H,6-9H2. The van der Waals surface area contributed by atoms with Gasteiger partial charge in [-0.15, -0.1) is 0 Å². The third-order valence-electron chi connectivity index (χ3n) is 1.34. The highest BCUT2D eigenvalue weighted by atomic mass is 16.5. The van der Waals surface area contributed by atoms with Crippen LogP contribution in [0.25, 0.3) is 0 Å². The number of pyridine rings is 1. The van der Waals surface area contributed by atoms with Crippen molar-refractivity contribution in [1.29, 1.82) is 0 Å². The Kier molecular flexibility index (Phi) is 1.37. The van der Waals surface area contributed by atoms with Gasteiger partial charge in [0, 0.05) is 6.07 Å². The minimum Gasteiger partial charge on any atom is -0.740 e. The maximum Gasteiger partial charge on any atom is 0.245 e. The van der Waals surface area contributed by atoms with Gasteiger partial charge in [-0.3, -0.25) is 0 Å². The maximum atomic E-state index is 10.9. The van der Waals surface area contributed by atoms with E-state index in [2.05, 4.69) is 0 Å². The number of anilines is 4. The van der Waals surface area contributed by atoms with Crippen molar-refractivity contribution in [2.75, 3.05) is 22.9 Å². The third kappa shape index (κ3) is 0.936. The van der Waals surface area contributed by atoms with E-state index in [1.165, 1.54) is 6.07 Å². The molecule has 1 aromatic heterocycles. The number of rotatable bonds is 0. The Morgan fingerprint density at radius 1 is 1.18 bits per heavy atom. The Morgan fingerprint density at radius 2 is 1.73 bits per heavy atom. The third-order valence-corrected chi connectivity index (χ3v) is 1.34. The van der Waals surface area contributed by atoms with Gasteiger partial charge < -0.3 is 28.1 Å². The van der Waals surface area contributed by atoms with Crippen LogP contribution < -0.4 is 27.7 Å². The summed E-state index contributed by atoms with van der Waals surface area (Å²) in [6, 6.07) is 1.26. The Hall–Kier alpha value is -1.85. The average molecular weight is 155 g/mol. The summed E-state index contributed by atoms with van der Waals surface area (Å²) in [5.41, 5.74) is 21.4. The van der Waals surface area contributed by atoms with Crippen LogP contribution in [0.4, 0.5) is 23.0 Å². The number of nitrogen functional groups attached to an aromatic ring is 4. The minimum absolute atomic E-state index is 0.0609. The fraction of sp³-hybridized carbons (Fsp3) is 0. The number of nitrogens with two attached hydrogens (primary N) is 4. The van der Waals surface area contributed by atoms with Crippen molar-refractivity contribution in [3.63, 3.8) is 0 Å². The molecular weight excluding hydrogens is 146 g/mol. The van der Waals surface area contributed by atoms with Crippen LogP contribution in [0.2, 0.25) is 0 Å². The van der Waals surface area contributed by atoms with Crippen molar-refractivity contribution in [2.45, 2.75) is 0 Å². The van der Waals surface area contributed by atoms with Crippen LogP contribution in [0.15, 0.2) is 6.07 Å². The molecule has 0 aliphatic heterocycles. The molecular formula is C5H9N5O. The molecule has 60 valence electrons. The highest BCUT2D eigenvalue weighted by Crippen LogP contribution is 2.19. The van der Waals surface area contributed by atoms with E-state index >= 15 is 0 Å². The molecule has 0 aromatic carbocycles. The Morgan fingerprint density at radius 3 is 2.27 bits per heavy atom. The largest absolute Gasteiger partial charge is 0.740 e. The first kappa shape index (κ1) is 7.26. The van der Waals surface area contributed by atoms with E-state index in [1.807, 2.05) is 0 Å². The smallest absolute Gasteiger partial charge is 0.245 e. The highest BCUT2D eigenvalue weighted by Gasteiger charge is 2.08. The van der Waals surface area contributed by atoms with Crippen LogP contribution in [0, 0.1) is 5.21 Å². The van der Waals surface area contributed by atoms with E-state index in [1.54, 1.807) is 0 Å². The number of hydrogen-bond donors (Lipinski definition) is 4. The monoisotopic (exact) mass is 155 g/mol. The van der Waals surface area contributed by atoms with E-state index in [9.17, 15) is 5.21 Å². The summed E-state index contributed by atoms with van der Waals surface area (Å²) >= 11 is 0. The Labute approximate surface area is 63.0 Å². The SMILES string of the molecule is Nc1cc(N)[n+]([O-])c(N)c1N. The van der Waals surface area contributed by atoms with Crippen LogP contribution in [0.5, 0.6) is 0 Å². The molecule has 0 unspecified atom stereocenters. The average Bonchev–Trinajstić information content (AvgIpc) is 1.97. The van der Waals surface area contributed by atoms with Crippen LogP contribution >= 0.6 is 0 Å². The summed E-state index contributed by atoms with van der Waals surface area (Å²) in [5, 5.41) is 10.9. The number of aromatic nitrogens is 1. The van der Waals surface area contributed by atoms with E-state index in [-0.39, 0.29) is 23.0 Å². The fourth-order valence-corrected chi connectivity index (χ4v) is 0.692. The zero-order valence-corrected chi connectivity index (χ0v) is 5.74. The molecule has 8 N–H and O–H groups in total. The molecule has 0 spiro atoms. The topological polar surface area (TPSA) is 131 Å². The van der Waals surface area contributed by atoms with Crippen LogP contribution in [-0.4, -0.2) is 0 Å². The first-order valence-corrected chi connectivity index (χ1v) is 2.86. The van der Waals surface area contributed by atoms with Gasteiger partial charge in [-0.1, -0.05) is 0 Å². The molecule has 1 rings (SSSR count). The van der Waals surface area contributed by atoms with Gasteiger partial charge in [0.2, 0.25) is 11.6 Å². The van der Waals surface area contributed by atoms with E-state index in [4.69, 9.17) is 22.9 Å². The van der Waals surface area contributed by atoms with Gasteiger partial charge in [0.15, 0.2) is 0 Å². The zero-order valence-electron chi connectivity index (χ0n) is 5.74. The van der Waals surface area contributed by atoms with Crippen molar-refractivity contribution in [3.8, 4) is 0 Å². The fourth-order valence-electron chi connectivity index (χ4n) is 0.692. The van der Waals surface area contributed by atoms with Crippen LogP contribution in [0.3, 0.4) is 0 Å². The van der Waals surface area contributed by atoms with Gasteiger partial charge in [0.25, 0.3) is 0 Å². The molecule has 0 amide bonds. The lowest BCUT2D eigenvalue weighted by atomic mass is 10.3. The van der Waals surface area contributed by atoms with Gasteiger partial charge in [-0.2, -0.15) is 0 Å². The van der Waals surface area contributed by atoms with Crippen molar-refractivity contribution >= 4 is 23.0 Å². The second-order valence-electron chi connectivity index (χ2n) is 2.12. The van der Waals surface area contributed by atoms with Crippen LogP contribution in [-0.2, 0) is 0 Å². The van der Waals surface area contributed by atoms with Gasteiger partial charge in [0.05, 0.1) is 5.69 Å². The lowest BCUT2D eigenvalue weighted by Gasteiger charge is -2.12. The van der Waals surface area contributed by atoms with Gasteiger partial charge in [-0.25, -0.2) is 4.73 Å². The first-order valence-electron chi connectivity index (χ1n) is 2.86. The summed E-state index contributed by atoms with van der Waals surface area (Å²) in [7, 11) is 0. The first-order chi connectivity index (χ1) is 5.04. The molecule has 0 saturated heterocycles. The van der Waals surface area contributed by atoms with Crippen molar-refractivity contribution < 1.29 is 4.73 Å². The molecule has 0 bridgehead atoms. The predicted octanol–water partition coefficient (Wildman–Crippen LogP) is -1.35. The van der Waals surface area contributed by atoms with E-state index < -0.39 is 0 Å². The predicted molar refractivity (Wildman–Crippen MR) is 43.1 cm³/mol. The second kappa shape index (κ2) is 2.08.